The molecule has 110 valence electrons. The average molecular weight is 294 g/mol. The van der Waals surface area contributed by atoms with Crippen molar-refractivity contribution in [3.05, 3.63) is 24.3 Å². The summed E-state index contributed by atoms with van der Waals surface area (Å²) in [4.78, 5) is 10.8. The highest BCUT2D eigenvalue weighted by Gasteiger charge is 2.22. The number of ether oxygens (including phenoxy) is 1. The highest BCUT2D eigenvalue weighted by molar-refractivity contribution is 8.00. The van der Waals surface area contributed by atoms with Gasteiger partial charge in [-0.25, -0.2) is 0 Å². The normalized spacial score (nSPS) is 22.2. The fourth-order valence-corrected chi connectivity index (χ4v) is 3.43. The van der Waals surface area contributed by atoms with Crippen LogP contribution in [0.25, 0.3) is 0 Å². The second-order valence-electron chi connectivity index (χ2n) is 5.03. The third kappa shape index (κ3) is 4.34. The maximum absolute atomic E-state index is 10.8. The number of nitrogens with two attached hydrogens (primary N) is 1. The van der Waals surface area contributed by atoms with Gasteiger partial charge < -0.3 is 15.8 Å². The van der Waals surface area contributed by atoms with Crippen LogP contribution in [0.2, 0.25) is 0 Å². The summed E-state index contributed by atoms with van der Waals surface area (Å²) in [6, 6.07) is 8.33. The molecule has 1 aromatic carbocycles. The Hall–Kier alpha value is -1.36. The van der Waals surface area contributed by atoms with Gasteiger partial charge in [0.15, 0.2) is 0 Å². The van der Waals surface area contributed by atoms with Gasteiger partial charge in [0.25, 0.3) is 0 Å². The zero-order valence-corrected chi connectivity index (χ0v) is 12.6. The maximum Gasteiger partial charge on any atom is 0.220 e. The second-order valence-corrected chi connectivity index (χ2v) is 6.52. The van der Waals surface area contributed by atoms with E-state index in [1.165, 1.54) is 18.6 Å². The molecule has 1 amide bonds. The van der Waals surface area contributed by atoms with E-state index in [-0.39, 0.29) is 12.3 Å². The van der Waals surface area contributed by atoms with Crippen LogP contribution >= 0.6 is 11.8 Å². The van der Waals surface area contributed by atoms with Gasteiger partial charge in [0, 0.05) is 11.3 Å². The Balaban J connectivity index is 1.97. The number of hydrogen-bond donors (Lipinski definition) is 2. The Morgan fingerprint density at radius 3 is 3.05 bits per heavy atom. The monoisotopic (exact) mass is 294 g/mol. The molecule has 3 N–H and O–H groups in total. The van der Waals surface area contributed by atoms with Gasteiger partial charge in [0.2, 0.25) is 5.91 Å². The minimum atomic E-state index is -0.340. The molecule has 0 aliphatic carbocycles. The number of para-hydroxylation sites is 2. The van der Waals surface area contributed by atoms with E-state index in [0.29, 0.717) is 17.9 Å². The number of rotatable bonds is 6. The number of benzene rings is 1. The number of nitrogens with one attached hydrogen (secondary N) is 1. The van der Waals surface area contributed by atoms with Crippen molar-refractivity contribution in [1.29, 1.82) is 0 Å². The molecule has 1 aliphatic rings. The summed E-state index contributed by atoms with van der Waals surface area (Å²) in [6.07, 6.45) is 2.67. The molecule has 0 saturated carbocycles. The van der Waals surface area contributed by atoms with Crippen molar-refractivity contribution >= 4 is 23.4 Å². The Labute approximate surface area is 124 Å². The minimum absolute atomic E-state index is 0.240. The van der Waals surface area contributed by atoms with Crippen molar-refractivity contribution in [3.8, 4) is 5.75 Å². The van der Waals surface area contributed by atoms with Gasteiger partial charge in [-0.05, 0) is 30.7 Å². The molecule has 0 bridgehead atoms. The predicted octanol–water partition coefficient (Wildman–Crippen LogP) is 2.64. The Kier molecular flexibility index (Phi) is 5.59. The molecule has 2 unspecified atom stereocenters. The third-order valence-electron chi connectivity index (χ3n) is 3.44. The fourth-order valence-electron chi connectivity index (χ4n) is 2.29. The zero-order chi connectivity index (χ0) is 14.4. The number of carbonyl (C=O) groups excluding carboxylic acids is 1. The van der Waals surface area contributed by atoms with Crippen molar-refractivity contribution < 1.29 is 9.53 Å². The van der Waals surface area contributed by atoms with E-state index in [4.69, 9.17) is 10.5 Å². The molecular formula is C15H22N2O2S. The third-order valence-corrected chi connectivity index (χ3v) is 4.82. The number of primary amides is 1. The Bertz CT molecular complexity index is 453. The SMILES string of the molecule is CC1SCCCC1Nc1ccccc1OCCC(N)=O. The van der Waals surface area contributed by atoms with Crippen molar-refractivity contribution in [2.24, 2.45) is 5.73 Å². The lowest BCUT2D eigenvalue weighted by atomic mass is 10.1. The van der Waals surface area contributed by atoms with Gasteiger partial charge >= 0.3 is 0 Å². The summed E-state index contributed by atoms with van der Waals surface area (Å²) in [5, 5.41) is 4.17. The molecule has 0 spiro atoms. The average Bonchev–Trinajstić information content (AvgIpc) is 2.43. The van der Waals surface area contributed by atoms with Crippen molar-refractivity contribution in [2.45, 2.75) is 37.5 Å². The summed E-state index contributed by atoms with van der Waals surface area (Å²) < 4.78 is 5.65. The van der Waals surface area contributed by atoms with Crippen LogP contribution in [0.1, 0.15) is 26.2 Å². The molecule has 2 atom stereocenters. The first-order valence-electron chi connectivity index (χ1n) is 7.05. The van der Waals surface area contributed by atoms with Gasteiger partial charge in [-0.15, -0.1) is 0 Å². The van der Waals surface area contributed by atoms with Gasteiger partial charge in [-0.3, -0.25) is 4.79 Å². The fraction of sp³-hybridized carbons (Fsp3) is 0.533. The van der Waals surface area contributed by atoms with Crippen LogP contribution in [0.3, 0.4) is 0 Å². The zero-order valence-electron chi connectivity index (χ0n) is 11.8. The summed E-state index contributed by atoms with van der Waals surface area (Å²) in [6.45, 7) is 2.58. The van der Waals surface area contributed by atoms with Crippen LogP contribution < -0.4 is 15.8 Å². The van der Waals surface area contributed by atoms with Crippen molar-refractivity contribution in [2.75, 3.05) is 17.7 Å². The molecule has 0 radical (unpaired) electrons. The van der Waals surface area contributed by atoms with E-state index in [9.17, 15) is 4.79 Å². The molecule has 1 saturated heterocycles. The maximum atomic E-state index is 10.8. The van der Waals surface area contributed by atoms with Crippen LogP contribution in [0.5, 0.6) is 5.75 Å². The van der Waals surface area contributed by atoms with Gasteiger partial charge in [-0.2, -0.15) is 11.8 Å². The largest absolute Gasteiger partial charge is 0.491 e. The molecule has 0 aromatic heterocycles. The number of anilines is 1. The molecule has 1 heterocycles. The number of hydrogen-bond acceptors (Lipinski definition) is 4. The van der Waals surface area contributed by atoms with Crippen LogP contribution in [0.15, 0.2) is 24.3 Å². The van der Waals surface area contributed by atoms with E-state index in [1.807, 2.05) is 36.0 Å². The number of amides is 1. The molecule has 1 aromatic rings. The highest BCUT2D eigenvalue weighted by atomic mass is 32.2. The lowest BCUT2D eigenvalue weighted by Gasteiger charge is -2.30. The van der Waals surface area contributed by atoms with Crippen LogP contribution in [-0.4, -0.2) is 29.6 Å². The van der Waals surface area contributed by atoms with E-state index in [1.54, 1.807) is 0 Å². The Morgan fingerprint density at radius 1 is 1.50 bits per heavy atom. The van der Waals surface area contributed by atoms with Gasteiger partial charge in [0.05, 0.1) is 18.7 Å². The van der Waals surface area contributed by atoms with Gasteiger partial charge in [-0.1, -0.05) is 19.1 Å². The first-order valence-corrected chi connectivity index (χ1v) is 8.10. The first kappa shape index (κ1) is 15.0. The highest BCUT2D eigenvalue weighted by Crippen LogP contribution is 2.31. The summed E-state index contributed by atoms with van der Waals surface area (Å²) in [7, 11) is 0. The molecule has 4 nitrogen and oxygen atoms in total. The Morgan fingerprint density at radius 2 is 2.30 bits per heavy atom. The lowest BCUT2D eigenvalue weighted by molar-refractivity contribution is -0.118. The lowest BCUT2D eigenvalue weighted by Crippen LogP contribution is -2.32. The van der Waals surface area contributed by atoms with E-state index in [0.717, 1.165) is 11.4 Å². The van der Waals surface area contributed by atoms with E-state index < -0.39 is 0 Å². The number of thioether (sulfide) groups is 1. The van der Waals surface area contributed by atoms with Gasteiger partial charge in [0.1, 0.15) is 5.75 Å². The van der Waals surface area contributed by atoms with E-state index >= 15 is 0 Å². The molecule has 5 heteroatoms. The molecular weight excluding hydrogens is 272 g/mol. The van der Waals surface area contributed by atoms with Crippen molar-refractivity contribution in [3.63, 3.8) is 0 Å². The topological polar surface area (TPSA) is 64.3 Å². The first-order chi connectivity index (χ1) is 9.66. The molecule has 20 heavy (non-hydrogen) atoms. The van der Waals surface area contributed by atoms with Crippen LogP contribution in [0.4, 0.5) is 5.69 Å². The predicted molar refractivity (Wildman–Crippen MR) is 84.3 cm³/mol. The van der Waals surface area contributed by atoms with Crippen LogP contribution in [0, 0.1) is 0 Å². The van der Waals surface area contributed by atoms with E-state index in [2.05, 4.69) is 12.2 Å². The molecule has 1 fully saturated rings. The molecule has 1 aliphatic heterocycles. The standard InChI is InChI=1S/C15H22N2O2S/c1-11-12(6-4-10-20-11)17-13-5-2-3-7-14(13)19-9-8-15(16)18/h2-3,5,7,11-12,17H,4,6,8-10H2,1H3,(H2,16,18). The molecule has 2 rings (SSSR count). The summed E-state index contributed by atoms with van der Waals surface area (Å²) in [5.41, 5.74) is 6.12. The van der Waals surface area contributed by atoms with Crippen LogP contribution in [-0.2, 0) is 4.79 Å². The summed E-state index contributed by atoms with van der Waals surface area (Å²) in [5.74, 6) is 1.69. The quantitative estimate of drug-likeness (QED) is 0.846. The number of carbonyl (C=O) groups is 1. The van der Waals surface area contributed by atoms with Crippen molar-refractivity contribution in [1.82, 2.24) is 0 Å². The summed E-state index contributed by atoms with van der Waals surface area (Å²) >= 11 is 2.01. The smallest absolute Gasteiger partial charge is 0.220 e. The minimum Gasteiger partial charge on any atom is -0.491 e. The second kappa shape index (κ2) is 7.43.